The summed E-state index contributed by atoms with van der Waals surface area (Å²) in [6.45, 7) is 5.37. The maximum Gasteiger partial charge on any atom is 0.326 e. The summed E-state index contributed by atoms with van der Waals surface area (Å²) in [4.78, 5) is 34.5. The van der Waals surface area contributed by atoms with Crippen molar-refractivity contribution in [3.63, 3.8) is 0 Å². The van der Waals surface area contributed by atoms with E-state index in [9.17, 15) is 14.4 Å². The molecule has 0 bridgehead atoms. The zero-order chi connectivity index (χ0) is 15.3. The topological polar surface area (TPSA) is 88.4 Å². The van der Waals surface area contributed by atoms with Crippen LogP contribution in [-0.2, 0) is 16.1 Å². The highest BCUT2D eigenvalue weighted by molar-refractivity contribution is 5.83. The molecule has 0 unspecified atom stereocenters. The van der Waals surface area contributed by atoms with E-state index in [1.165, 1.54) is 16.8 Å². The normalized spacial score (nSPS) is 12.2. The molecule has 0 radical (unpaired) electrons. The van der Waals surface area contributed by atoms with Crippen molar-refractivity contribution in [3.8, 4) is 0 Å². The largest absolute Gasteiger partial charge is 0.480 e. The molecule has 0 spiro atoms. The van der Waals surface area contributed by atoms with E-state index in [4.69, 9.17) is 5.11 Å². The SMILES string of the molecule is Cc1ccn(CC(=O)N[C@H](CC(C)C)C(=O)O)c(=O)c1. The first kappa shape index (κ1) is 15.9. The Morgan fingerprint density at radius 2 is 2.05 bits per heavy atom. The number of nitrogens with one attached hydrogen (secondary N) is 1. The van der Waals surface area contributed by atoms with Gasteiger partial charge >= 0.3 is 5.97 Å². The number of aromatic nitrogens is 1. The first-order chi connectivity index (χ1) is 9.29. The molecule has 0 aliphatic heterocycles. The van der Waals surface area contributed by atoms with Gasteiger partial charge in [-0.05, 0) is 30.9 Å². The van der Waals surface area contributed by atoms with E-state index in [2.05, 4.69) is 5.32 Å². The molecule has 0 saturated heterocycles. The van der Waals surface area contributed by atoms with Crippen molar-refractivity contribution in [2.24, 2.45) is 5.92 Å². The molecule has 0 fully saturated rings. The average Bonchev–Trinajstić information content (AvgIpc) is 2.31. The lowest BCUT2D eigenvalue weighted by molar-refractivity contribution is -0.142. The highest BCUT2D eigenvalue weighted by Crippen LogP contribution is 2.05. The molecular formula is C14H20N2O4. The van der Waals surface area contributed by atoms with Crippen LogP contribution in [0.2, 0.25) is 0 Å². The third kappa shape index (κ3) is 4.87. The minimum Gasteiger partial charge on any atom is -0.480 e. The summed E-state index contributed by atoms with van der Waals surface area (Å²) < 4.78 is 1.25. The highest BCUT2D eigenvalue weighted by atomic mass is 16.4. The van der Waals surface area contributed by atoms with Gasteiger partial charge in [-0.3, -0.25) is 9.59 Å². The number of nitrogens with zero attached hydrogens (tertiary/aromatic N) is 1. The molecule has 2 N–H and O–H groups in total. The standard InChI is InChI=1S/C14H20N2O4/c1-9(2)6-11(14(19)20)15-12(17)8-16-5-4-10(3)7-13(16)18/h4-5,7,9,11H,6,8H2,1-3H3,(H,15,17)(H,19,20)/t11-/m1/s1. The minimum absolute atomic E-state index is 0.151. The van der Waals surface area contributed by atoms with Crippen LogP contribution >= 0.6 is 0 Å². The molecule has 0 aliphatic carbocycles. The first-order valence-electron chi connectivity index (χ1n) is 6.49. The average molecular weight is 280 g/mol. The van der Waals surface area contributed by atoms with Crippen LogP contribution in [0.25, 0.3) is 0 Å². The number of pyridine rings is 1. The van der Waals surface area contributed by atoms with Crippen LogP contribution in [0.4, 0.5) is 0 Å². The van der Waals surface area contributed by atoms with Crippen molar-refractivity contribution < 1.29 is 14.7 Å². The molecule has 1 aromatic heterocycles. The zero-order valence-electron chi connectivity index (χ0n) is 11.9. The van der Waals surface area contributed by atoms with Gasteiger partial charge in [-0.1, -0.05) is 13.8 Å². The number of carbonyl (C=O) groups is 2. The number of carboxylic acid groups (broad SMARTS) is 1. The van der Waals surface area contributed by atoms with Crippen LogP contribution in [0.3, 0.4) is 0 Å². The van der Waals surface area contributed by atoms with E-state index < -0.39 is 17.9 Å². The summed E-state index contributed by atoms with van der Waals surface area (Å²) in [6.07, 6.45) is 1.87. The number of hydrogen-bond acceptors (Lipinski definition) is 3. The molecule has 1 atom stereocenters. The van der Waals surface area contributed by atoms with Crippen molar-refractivity contribution in [3.05, 3.63) is 34.2 Å². The molecular weight excluding hydrogens is 260 g/mol. The number of aliphatic carboxylic acids is 1. The molecule has 0 aromatic carbocycles. The van der Waals surface area contributed by atoms with E-state index in [1.54, 1.807) is 13.0 Å². The van der Waals surface area contributed by atoms with E-state index in [0.29, 0.717) is 6.42 Å². The predicted octanol–water partition coefficient (Wildman–Crippen LogP) is 0.772. The number of carbonyl (C=O) groups excluding carboxylic acids is 1. The van der Waals surface area contributed by atoms with Crippen LogP contribution < -0.4 is 10.9 Å². The van der Waals surface area contributed by atoms with Crippen molar-refractivity contribution in [1.82, 2.24) is 9.88 Å². The number of rotatable bonds is 6. The van der Waals surface area contributed by atoms with E-state index >= 15 is 0 Å². The van der Waals surface area contributed by atoms with E-state index in [0.717, 1.165) is 5.56 Å². The number of amides is 1. The van der Waals surface area contributed by atoms with Gasteiger partial charge in [0.25, 0.3) is 5.56 Å². The molecule has 20 heavy (non-hydrogen) atoms. The lowest BCUT2D eigenvalue weighted by Crippen LogP contribution is -2.43. The summed E-state index contributed by atoms with van der Waals surface area (Å²) in [6, 6.07) is 2.22. The van der Waals surface area contributed by atoms with Gasteiger partial charge in [0.15, 0.2) is 0 Å². The smallest absolute Gasteiger partial charge is 0.326 e. The fourth-order valence-corrected chi connectivity index (χ4v) is 1.82. The van der Waals surface area contributed by atoms with Gasteiger partial charge < -0.3 is 15.0 Å². The van der Waals surface area contributed by atoms with E-state index in [-0.39, 0.29) is 18.0 Å². The zero-order valence-corrected chi connectivity index (χ0v) is 11.9. The van der Waals surface area contributed by atoms with Crippen LogP contribution in [0, 0.1) is 12.8 Å². The first-order valence-corrected chi connectivity index (χ1v) is 6.49. The van der Waals surface area contributed by atoms with Crippen molar-refractivity contribution >= 4 is 11.9 Å². The molecule has 6 heteroatoms. The Hall–Kier alpha value is -2.11. The van der Waals surface area contributed by atoms with Crippen molar-refractivity contribution in [2.45, 2.75) is 39.8 Å². The lowest BCUT2D eigenvalue weighted by Gasteiger charge is -2.16. The Balaban J connectivity index is 2.70. The summed E-state index contributed by atoms with van der Waals surface area (Å²) >= 11 is 0. The third-order valence-corrected chi connectivity index (χ3v) is 2.81. The molecule has 110 valence electrons. The Labute approximate surface area is 117 Å². The molecule has 1 aromatic rings. The molecule has 1 rings (SSSR count). The Morgan fingerprint density at radius 1 is 1.40 bits per heavy atom. The summed E-state index contributed by atoms with van der Waals surface area (Å²) in [5.74, 6) is -1.40. The fraction of sp³-hybridized carbons (Fsp3) is 0.500. The fourth-order valence-electron chi connectivity index (χ4n) is 1.82. The summed E-state index contributed by atoms with van der Waals surface area (Å²) in [5, 5.41) is 11.5. The number of aryl methyl sites for hydroxylation is 1. The van der Waals surface area contributed by atoms with Gasteiger partial charge in [-0.25, -0.2) is 4.79 Å². The quantitative estimate of drug-likeness (QED) is 0.805. The second kappa shape index (κ2) is 6.88. The predicted molar refractivity (Wildman–Crippen MR) is 74.5 cm³/mol. The molecule has 0 saturated carbocycles. The third-order valence-electron chi connectivity index (χ3n) is 2.81. The maximum atomic E-state index is 11.8. The Kier molecular flexibility index (Phi) is 5.49. The number of hydrogen-bond donors (Lipinski definition) is 2. The van der Waals surface area contributed by atoms with Gasteiger partial charge in [0.05, 0.1) is 0 Å². The van der Waals surface area contributed by atoms with Gasteiger partial charge in [-0.15, -0.1) is 0 Å². The molecule has 1 heterocycles. The van der Waals surface area contributed by atoms with Crippen LogP contribution in [-0.4, -0.2) is 27.6 Å². The maximum absolute atomic E-state index is 11.8. The minimum atomic E-state index is -1.07. The van der Waals surface area contributed by atoms with E-state index in [1.807, 2.05) is 13.8 Å². The second-order valence-electron chi connectivity index (χ2n) is 5.26. The van der Waals surface area contributed by atoms with Gasteiger partial charge in [-0.2, -0.15) is 0 Å². The summed E-state index contributed by atoms with van der Waals surface area (Å²) in [7, 11) is 0. The van der Waals surface area contributed by atoms with Gasteiger partial charge in [0, 0.05) is 12.3 Å². The van der Waals surface area contributed by atoms with Crippen LogP contribution in [0.5, 0.6) is 0 Å². The molecule has 0 aliphatic rings. The molecule has 1 amide bonds. The van der Waals surface area contributed by atoms with Crippen LogP contribution in [0.1, 0.15) is 25.8 Å². The number of carboxylic acids is 1. The van der Waals surface area contributed by atoms with Gasteiger partial charge in [0.2, 0.25) is 5.91 Å². The summed E-state index contributed by atoms with van der Waals surface area (Å²) in [5.41, 5.74) is 0.533. The van der Waals surface area contributed by atoms with Crippen LogP contribution in [0.15, 0.2) is 23.1 Å². The highest BCUT2D eigenvalue weighted by Gasteiger charge is 2.21. The lowest BCUT2D eigenvalue weighted by atomic mass is 10.0. The van der Waals surface area contributed by atoms with Crippen molar-refractivity contribution in [2.75, 3.05) is 0 Å². The van der Waals surface area contributed by atoms with Crippen molar-refractivity contribution in [1.29, 1.82) is 0 Å². The Bertz CT molecular complexity index is 548. The second-order valence-corrected chi connectivity index (χ2v) is 5.26. The monoisotopic (exact) mass is 280 g/mol. The molecule has 6 nitrogen and oxygen atoms in total. The Morgan fingerprint density at radius 3 is 2.55 bits per heavy atom. The van der Waals surface area contributed by atoms with Gasteiger partial charge in [0.1, 0.15) is 12.6 Å².